The largest absolute Gasteiger partial charge is 0.369 e. The molecule has 1 unspecified atom stereocenters. The first-order valence-electron chi connectivity index (χ1n) is 11.2. The molecule has 0 aromatic carbocycles. The number of aryl methyl sites for hydroxylation is 1. The number of nitrogens with zero attached hydrogens (tertiary/aromatic N) is 5. The minimum Gasteiger partial charge on any atom is -0.369 e. The summed E-state index contributed by atoms with van der Waals surface area (Å²) < 4.78 is 0. The molecule has 3 aromatic heterocycles. The van der Waals surface area contributed by atoms with Gasteiger partial charge in [0, 0.05) is 43.3 Å². The fourth-order valence-electron chi connectivity index (χ4n) is 3.48. The number of nitrogens with two attached hydrogens (primary N) is 1. The Labute approximate surface area is 191 Å². The van der Waals surface area contributed by atoms with Gasteiger partial charge in [-0.05, 0) is 47.4 Å². The number of hydrogen-bond acceptors (Lipinski definition) is 6. The molecule has 1 saturated heterocycles. The van der Waals surface area contributed by atoms with Crippen molar-refractivity contribution in [3.63, 3.8) is 0 Å². The summed E-state index contributed by atoms with van der Waals surface area (Å²) in [5.74, 6) is 1.52. The third kappa shape index (κ3) is 6.13. The summed E-state index contributed by atoms with van der Waals surface area (Å²) in [6.07, 6.45) is 8.66. The third-order valence-electron chi connectivity index (χ3n) is 5.64. The summed E-state index contributed by atoms with van der Waals surface area (Å²) in [5, 5.41) is 6.97. The molecule has 0 amide bonds. The Kier molecular flexibility index (Phi) is 6.98. The van der Waals surface area contributed by atoms with E-state index in [0.29, 0.717) is 11.9 Å². The second kappa shape index (κ2) is 9.36. The van der Waals surface area contributed by atoms with Gasteiger partial charge < -0.3 is 10.6 Å². The average molecular weight is 436 g/mol. The number of H-pyrrole nitrogens is 1. The van der Waals surface area contributed by atoms with E-state index in [1.165, 1.54) is 16.8 Å². The molecule has 7 nitrogen and oxygen atoms in total. The number of hydrogen-bond donors (Lipinski definition) is 2. The van der Waals surface area contributed by atoms with Crippen molar-refractivity contribution in [3.05, 3.63) is 53.9 Å². The average Bonchev–Trinajstić information content (AvgIpc) is 3.36. The molecule has 32 heavy (non-hydrogen) atoms. The van der Waals surface area contributed by atoms with E-state index in [4.69, 9.17) is 5.73 Å². The van der Waals surface area contributed by atoms with Crippen LogP contribution in [0.15, 0.2) is 36.9 Å². The molecular weight excluding hydrogens is 398 g/mol. The Bertz CT molecular complexity index is 1030. The topological polar surface area (TPSA) is 96.6 Å². The molecule has 1 atom stereocenters. The van der Waals surface area contributed by atoms with Gasteiger partial charge in [-0.1, -0.05) is 41.5 Å². The van der Waals surface area contributed by atoms with Gasteiger partial charge >= 0.3 is 0 Å². The first-order valence-corrected chi connectivity index (χ1v) is 11.2. The second-order valence-corrected chi connectivity index (χ2v) is 10.6. The molecule has 1 aliphatic heterocycles. The highest BCUT2D eigenvalue weighted by Crippen LogP contribution is 2.27. The van der Waals surface area contributed by atoms with Crippen molar-refractivity contribution in [1.82, 2.24) is 25.1 Å². The predicted molar refractivity (Wildman–Crippen MR) is 131 cm³/mol. The summed E-state index contributed by atoms with van der Waals surface area (Å²) in [7, 11) is 0. The Morgan fingerprint density at radius 3 is 2.09 bits per heavy atom. The molecule has 7 heteroatoms. The third-order valence-corrected chi connectivity index (χ3v) is 5.64. The summed E-state index contributed by atoms with van der Waals surface area (Å²) in [5.41, 5.74) is 10.8. The van der Waals surface area contributed by atoms with E-state index in [1.54, 1.807) is 6.20 Å². The van der Waals surface area contributed by atoms with Gasteiger partial charge in [-0.3, -0.25) is 15.1 Å². The molecule has 3 aromatic rings. The van der Waals surface area contributed by atoms with Crippen molar-refractivity contribution in [2.75, 3.05) is 18.0 Å². The van der Waals surface area contributed by atoms with Crippen molar-refractivity contribution in [3.8, 4) is 11.4 Å². The van der Waals surface area contributed by atoms with Crippen molar-refractivity contribution >= 4 is 5.69 Å². The van der Waals surface area contributed by atoms with Crippen LogP contribution < -0.4 is 10.6 Å². The maximum absolute atomic E-state index is 5.92. The Morgan fingerprint density at radius 1 is 0.938 bits per heavy atom. The standard InChI is InChI=1S/C13H21N3.C12H16N4/c1-13(2,3)10-6-12(8-15-7-10)16-5-4-11(14)9-16;1-8-14-11(16-15-8)9-5-10(7-13-6-9)12(2,3)4/h6-8,11H,4-5,9,14H2,1-3H3;5-7H,1-4H3,(H,14,15,16). The van der Waals surface area contributed by atoms with Gasteiger partial charge in [-0.25, -0.2) is 4.98 Å². The molecule has 1 aliphatic rings. The van der Waals surface area contributed by atoms with Crippen LogP contribution in [0.25, 0.3) is 11.4 Å². The molecule has 3 N–H and O–H groups in total. The molecule has 0 spiro atoms. The van der Waals surface area contributed by atoms with Crippen LogP contribution in [0, 0.1) is 6.92 Å². The predicted octanol–water partition coefficient (Wildman–Crippen LogP) is 4.39. The Hall–Kier alpha value is -2.80. The first-order chi connectivity index (χ1) is 14.9. The second-order valence-electron chi connectivity index (χ2n) is 10.6. The zero-order valence-electron chi connectivity index (χ0n) is 20.5. The summed E-state index contributed by atoms with van der Waals surface area (Å²) in [4.78, 5) is 15.2. The summed E-state index contributed by atoms with van der Waals surface area (Å²) in [6, 6.07) is 4.65. The molecule has 1 fully saturated rings. The smallest absolute Gasteiger partial charge is 0.182 e. The van der Waals surface area contributed by atoms with E-state index >= 15 is 0 Å². The number of pyridine rings is 2. The molecule has 0 bridgehead atoms. The lowest BCUT2D eigenvalue weighted by Gasteiger charge is -2.23. The van der Waals surface area contributed by atoms with E-state index in [0.717, 1.165) is 30.9 Å². The van der Waals surface area contributed by atoms with Gasteiger partial charge in [0.1, 0.15) is 5.82 Å². The lowest BCUT2D eigenvalue weighted by atomic mass is 9.87. The fourth-order valence-corrected chi connectivity index (χ4v) is 3.48. The number of anilines is 1. The first kappa shape index (κ1) is 23.9. The summed E-state index contributed by atoms with van der Waals surface area (Å²) >= 11 is 0. The highest BCUT2D eigenvalue weighted by atomic mass is 15.2. The number of aromatic amines is 1. The van der Waals surface area contributed by atoms with Gasteiger partial charge in [0.05, 0.1) is 11.9 Å². The highest BCUT2D eigenvalue weighted by Gasteiger charge is 2.21. The maximum Gasteiger partial charge on any atom is 0.182 e. The van der Waals surface area contributed by atoms with E-state index in [1.807, 2.05) is 25.5 Å². The zero-order chi connectivity index (χ0) is 23.5. The molecule has 4 rings (SSSR count). The lowest BCUT2D eigenvalue weighted by molar-refractivity contribution is 0.587. The van der Waals surface area contributed by atoms with E-state index < -0.39 is 0 Å². The Morgan fingerprint density at radius 2 is 1.56 bits per heavy atom. The van der Waals surface area contributed by atoms with Crippen LogP contribution in [0.2, 0.25) is 0 Å². The Balaban J connectivity index is 0.000000181. The maximum atomic E-state index is 5.92. The van der Waals surface area contributed by atoms with Gasteiger partial charge in [-0.15, -0.1) is 0 Å². The molecule has 0 aliphatic carbocycles. The van der Waals surface area contributed by atoms with Crippen LogP contribution in [0.3, 0.4) is 0 Å². The molecule has 4 heterocycles. The van der Waals surface area contributed by atoms with Crippen LogP contribution in [-0.4, -0.2) is 44.3 Å². The molecule has 0 saturated carbocycles. The normalized spacial score (nSPS) is 16.6. The van der Waals surface area contributed by atoms with Gasteiger partial charge in [0.25, 0.3) is 0 Å². The van der Waals surface area contributed by atoms with Gasteiger partial charge in [0.2, 0.25) is 0 Å². The summed E-state index contributed by atoms with van der Waals surface area (Å²) in [6.45, 7) is 17.0. The van der Waals surface area contributed by atoms with Crippen LogP contribution in [0.4, 0.5) is 5.69 Å². The van der Waals surface area contributed by atoms with E-state index in [9.17, 15) is 0 Å². The lowest BCUT2D eigenvalue weighted by Crippen LogP contribution is -2.26. The quantitative estimate of drug-likeness (QED) is 0.620. The SMILES string of the molecule is CC(C)(C)c1cncc(N2CCC(N)C2)c1.Cc1nc(-c2cncc(C(C)(C)C)c2)n[nH]1. The van der Waals surface area contributed by atoms with Crippen molar-refractivity contribution < 1.29 is 0 Å². The number of aromatic nitrogens is 5. The monoisotopic (exact) mass is 435 g/mol. The zero-order valence-corrected chi connectivity index (χ0v) is 20.5. The van der Waals surface area contributed by atoms with Gasteiger partial charge in [-0.2, -0.15) is 5.10 Å². The van der Waals surface area contributed by atoms with E-state index in [-0.39, 0.29) is 10.8 Å². The van der Waals surface area contributed by atoms with Crippen molar-refractivity contribution in [2.24, 2.45) is 5.73 Å². The van der Waals surface area contributed by atoms with Crippen molar-refractivity contribution in [2.45, 2.75) is 71.8 Å². The van der Waals surface area contributed by atoms with Crippen molar-refractivity contribution in [1.29, 1.82) is 0 Å². The fraction of sp³-hybridized carbons (Fsp3) is 0.520. The number of rotatable bonds is 2. The van der Waals surface area contributed by atoms with E-state index in [2.05, 4.69) is 83.7 Å². The highest BCUT2D eigenvalue weighted by molar-refractivity contribution is 5.54. The van der Waals surface area contributed by atoms with Crippen LogP contribution in [0.1, 0.15) is 64.9 Å². The minimum absolute atomic E-state index is 0.0916. The van der Waals surface area contributed by atoms with Crippen LogP contribution in [-0.2, 0) is 10.8 Å². The van der Waals surface area contributed by atoms with Crippen LogP contribution >= 0.6 is 0 Å². The van der Waals surface area contributed by atoms with Crippen LogP contribution in [0.5, 0.6) is 0 Å². The number of nitrogens with one attached hydrogen (secondary N) is 1. The molecular formula is C25H37N7. The minimum atomic E-state index is 0.0916. The van der Waals surface area contributed by atoms with Gasteiger partial charge in [0.15, 0.2) is 5.82 Å². The molecule has 172 valence electrons. The molecule has 0 radical (unpaired) electrons.